The Balaban J connectivity index is 2.28. The predicted octanol–water partition coefficient (Wildman–Crippen LogP) is 0.936. The molecule has 0 aromatic carbocycles. The van der Waals surface area contributed by atoms with Crippen LogP contribution in [0.3, 0.4) is 0 Å². The summed E-state index contributed by atoms with van der Waals surface area (Å²) >= 11 is 0. The Morgan fingerprint density at radius 2 is 2.44 bits per heavy atom. The largest absolute Gasteiger partial charge is 0.385 e. The molecule has 54 valence electrons. The van der Waals surface area contributed by atoms with Gasteiger partial charge >= 0.3 is 0 Å². The molecule has 9 heavy (non-hydrogen) atoms. The highest BCUT2D eigenvalue weighted by atomic mass is 16.6. The first kappa shape index (κ1) is 7.03. The van der Waals surface area contributed by atoms with Gasteiger partial charge < -0.3 is 9.84 Å². The second-order valence-electron chi connectivity index (χ2n) is 2.95. The molecule has 1 heterocycles. The lowest BCUT2D eigenvalue weighted by molar-refractivity contribution is -0.229. The van der Waals surface area contributed by atoms with E-state index < -0.39 is 5.60 Å². The number of ether oxygens (including phenoxy) is 1. The van der Waals surface area contributed by atoms with Crippen LogP contribution >= 0.6 is 0 Å². The van der Waals surface area contributed by atoms with Gasteiger partial charge in [-0.15, -0.1) is 0 Å². The molecule has 0 spiro atoms. The molecule has 1 N–H and O–H groups in total. The second-order valence-corrected chi connectivity index (χ2v) is 2.95. The summed E-state index contributed by atoms with van der Waals surface area (Å²) in [7, 11) is 0. The predicted molar refractivity (Wildman–Crippen MR) is 35.3 cm³/mol. The smallest absolute Gasteiger partial charge is 0.111 e. The monoisotopic (exact) mass is 130 g/mol. The molecular weight excluding hydrogens is 116 g/mol. The Bertz CT molecular complexity index is 99.1. The van der Waals surface area contributed by atoms with Gasteiger partial charge in [0.25, 0.3) is 0 Å². The summed E-state index contributed by atoms with van der Waals surface area (Å²) in [5.74, 6) is 0. The van der Waals surface area contributed by atoms with E-state index >= 15 is 0 Å². The number of hydrogen-bond acceptors (Lipinski definition) is 2. The molecule has 0 radical (unpaired) electrons. The molecule has 1 aliphatic rings. The number of rotatable bonds is 2. The molecule has 0 bridgehead atoms. The summed E-state index contributed by atoms with van der Waals surface area (Å²) < 4.78 is 5.14. The van der Waals surface area contributed by atoms with Gasteiger partial charge in [0.1, 0.15) is 5.60 Å². The average molecular weight is 130 g/mol. The molecule has 2 atom stereocenters. The van der Waals surface area contributed by atoms with Crippen LogP contribution in [0.5, 0.6) is 0 Å². The van der Waals surface area contributed by atoms with Crippen LogP contribution in [0.1, 0.15) is 26.7 Å². The van der Waals surface area contributed by atoms with Crippen molar-refractivity contribution in [3.63, 3.8) is 0 Å². The standard InChI is InChI=1S/C7H14O2/c1-3-4-6-7(2,8)5-9-6/h6,8H,3-5H2,1-2H3. The van der Waals surface area contributed by atoms with Crippen molar-refractivity contribution >= 4 is 0 Å². The molecule has 1 saturated heterocycles. The first-order valence-electron chi connectivity index (χ1n) is 3.51. The van der Waals surface area contributed by atoms with Crippen molar-refractivity contribution in [2.24, 2.45) is 0 Å². The van der Waals surface area contributed by atoms with Gasteiger partial charge in [0, 0.05) is 0 Å². The second kappa shape index (κ2) is 2.27. The molecule has 0 aromatic rings. The summed E-state index contributed by atoms with van der Waals surface area (Å²) in [5, 5.41) is 9.38. The third-order valence-corrected chi connectivity index (χ3v) is 1.82. The van der Waals surface area contributed by atoms with Crippen LogP contribution in [-0.4, -0.2) is 23.4 Å². The van der Waals surface area contributed by atoms with Crippen molar-refractivity contribution in [3.8, 4) is 0 Å². The van der Waals surface area contributed by atoms with E-state index in [0.29, 0.717) is 6.61 Å². The lowest BCUT2D eigenvalue weighted by Crippen LogP contribution is -2.55. The first-order chi connectivity index (χ1) is 4.17. The van der Waals surface area contributed by atoms with Gasteiger partial charge in [-0.1, -0.05) is 13.3 Å². The molecule has 0 aliphatic carbocycles. The van der Waals surface area contributed by atoms with Gasteiger partial charge in [-0.3, -0.25) is 0 Å². The zero-order valence-corrected chi connectivity index (χ0v) is 6.05. The zero-order valence-electron chi connectivity index (χ0n) is 6.05. The quantitative estimate of drug-likeness (QED) is 0.602. The van der Waals surface area contributed by atoms with E-state index in [1.807, 2.05) is 6.92 Å². The van der Waals surface area contributed by atoms with Crippen molar-refractivity contribution in [3.05, 3.63) is 0 Å². The Morgan fingerprint density at radius 3 is 2.56 bits per heavy atom. The highest BCUT2D eigenvalue weighted by Crippen LogP contribution is 2.27. The minimum Gasteiger partial charge on any atom is -0.385 e. The highest BCUT2D eigenvalue weighted by Gasteiger charge is 2.41. The van der Waals surface area contributed by atoms with Crippen molar-refractivity contribution in [2.75, 3.05) is 6.61 Å². The molecule has 2 nitrogen and oxygen atoms in total. The van der Waals surface area contributed by atoms with Gasteiger partial charge in [0.05, 0.1) is 12.7 Å². The van der Waals surface area contributed by atoms with Crippen LogP contribution in [-0.2, 0) is 4.74 Å². The molecule has 0 aromatic heterocycles. The minimum atomic E-state index is -0.532. The summed E-state index contributed by atoms with van der Waals surface area (Å²) in [6, 6.07) is 0. The van der Waals surface area contributed by atoms with E-state index in [1.54, 1.807) is 0 Å². The number of hydrogen-bond donors (Lipinski definition) is 1. The summed E-state index contributed by atoms with van der Waals surface area (Å²) in [4.78, 5) is 0. The maximum atomic E-state index is 9.38. The Hall–Kier alpha value is -0.0800. The van der Waals surface area contributed by atoms with E-state index in [-0.39, 0.29) is 6.10 Å². The molecule has 0 saturated carbocycles. The van der Waals surface area contributed by atoms with Crippen molar-refractivity contribution in [1.29, 1.82) is 0 Å². The summed E-state index contributed by atoms with van der Waals surface area (Å²) in [6.45, 7) is 4.44. The fraction of sp³-hybridized carbons (Fsp3) is 1.00. The van der Waals surface area contributed by atoms with Crippen LogP contribution in [0.4, 0.5) is 0 Å². The molecule has 1 aliphatic heterocycles. The highest BCUT2D eigenvalue weighted by molar-refractivity contribution is 4.90. The van der Waals surface area contributed by atoms with Gasteiger partial charge in [-0.25, -0.2) is 0 Å². The zero-order chi connectivity index (χ0) is 6.91. The minimum absolute atomic E-state index is 0.0995. The molecular formula is C7H14O2. The Labute approximate surface area is 55.8 Å². The molecule has 1 rings (SSSR count). The van der Waals surface area contributed by atoms with Crippen molar-refractivity contribution in [1.82, 2.24) is 0 Å². The lowest BCUT2D eigenvalue weighted by Gasteiger charge is -2.42. The Kier molecular flexibility index (Phi) is 1.78. The van der Waals surface area contributed by atoms with Gasteiger partial charge in [-0.2, -0.15) is 0 Å². The maximum absolute atomic E-state index is 9.38. The van der Waals surface area contributed by atoms with Crippen LogP contribution in [0.25, 0.3) is 0 Å². The van der Waals surface area contributed by atoms with E-state index in [9.17, 15) is 5.11 Å². The topological polar surface area (TPSA) is 29.5 Å². The van der Waals surface area contributed by atoms with E-state index in [2.05, 4.69) is 6.92 Å². The fourth-order valence-electron chi connectivity index (χ4n) is 1.10. The third kappa shape index (κ3) is 1.25. The van der Waals surface area contributed by atoms with Gasteiger partial charge in [-0.05, 0) is 13.3 Å². The Morgan fingerprint density at radius 1 is 1.78 bits per heavy atom. The lowest BCUT2D eigenvalue weighted by atomic mass is 9.91. The normalized spacial score (nSPS) is 42.3. The van der Waals surface area contributed by atoms with Gasteiger partial charge in [0.2, 0.25) is 0 Å². The van der Waals surface area contributed by atoms with Crippen LogP contribution < -0.4 is 0 Å². The SMILES string of the molecule is CCCC1OCC1(C)O. The van der Waals surface area contributed by atoms with Crippen LogP contribution in [0.15, 0.2) is 0 Å². The summed E-state index contributed by atoms with van der Waals surface area (Å²) in [5.41, 5.74) is -0.532. The molecule has 2 unspecified atom stereocenters. The van der Waals surface area contributed by atoms with Gasteiger partial charge in [0.15, 0.2) is 0 Å². The van der Waals surface area contributed by atoms with Crippen molar-refractivity contribution in [2.45, 2.75) is 38.4 Å². The fourth-order valence-corrected chi connectivity index (χ4v) is 1.10. The molecule has 0 amide bonds. The average Bonchev–Trinajstić information content (AvgIpc) is 1.81. The first-order valence-corrected chi connectivity index (χ1v) is 3.51. The van der Waals surface area contributed by atoms with Crippen LogP contribution in [0.2, 0.25) is 0 Å². The maximum Gasteiger partial charge on any atom is 0.111 e. The third-order valence-electron chi connectivity index (χ3n) is 1.82. The van der Waals surface area contributed by atoms with E-state index in [1.165, 1.54) is 0 Å². The van der Waals surface area contributed by atoms with E-state index in [0.717, 1.165) is 12.8 Å². The molecule has 1 fully saturated rings. The van der Waals surface area contributed by atoms with Crippen molar-refractivity contribution < 1.29 is 9.84 Å². The summed E-state index contributed by atoms with van der Waals surface area (Å²) in [6.07, 6.45) is 2.16. The molecule has 2 heteroatoms. The van der Waals surface area contributed by atoms with Crippen LogP contribution in [0, 0.1) is 0 Å². The number of aliphatic hydroxyl groups is 1. The van der Waals surface area contributed by atoms with E-state index in [4.69, 9.17) is 4.74 Å².